The normalized spacial score (nSPS) is 20.5. The minimum atomic E-state index is -2.97. The fraction of sp³-hybridized carbons (Fsp3) is 0.448. The highest BCUT2D eigenvalue weighted by Gasteiger charge is 2.47. The number of aromatic amines is 1. The Hall–Kier alpha value is -4.62. The van der Waals surface area contributed by atoms with Crippen LogP contribution in [0.1, 0.15) is 72.2 Å². The lowest BCUT2D eigenvalue weighted by Gasteiger charge is -2.38. The predicted molar refractivity (Wildman–Crippen MR) is 150 cm³/mol. The maximum atomic E-state index is 13.7. The van der Waals surface area contributed by atoms with Crippen LogP contribution in [0, 0.1) is 22.3 Å². The third kappa shape index (κ3) is 5.37. The minimum absolute atomic E-state index is 0.00175. The number of hydrogen-bond acceptors (Lipinski definition) is 6. The van der Waals surface area contributed by atoms with Crippen LogP contribution in [0.2, 0.25) is 0 Å². The number of fused-ring (bicyclic) bond motifs is 1. The summed E-state index contributed by atoms with van der Waals surface area (Å²) in [7, 11) is 0. The molecule has 0 unspecified atom stereocenters. The Labute approximate surface area is 245 Å². The number of rotatable bonds is 7. The Morgan fingerprint density at radius 3 is 2.60 bits per heavy atom. The molecule has 14 heteroatoms. The summed E-state index contributed by atoms with van der Waals surface area (Å²) in [4.78, 5) is 35.2. The number of aromatic nitrogens is 6. The second-order valence-corrected chi connectivity index (χ2v) is 11.5. The van der Waals surface area contributed by atoms with Gasteiger partial charge in [-0.2, -0.15) is 9.83 Å². The molecule has 43 heavy (non-hydrogen) atoms. The number of amides is 2. The zero-order valence-electron chi connectivity index (χ0n) is 23.8. The van der Waals surface area contributed by atoms with Gasteiger partial charge in [0.2, 0.25) is 5.82 Å². The van der Waals surface area contributed by atoms with E-state index in [1.165, 1.54) is 12.1 Å². The Balaban J connectivity index is 1.37. The molecule has 1 aliphatic carbocycles. The van der Waals surface area contributed by atoms with Crippen LogP contribution in [0.3, 0.4) is 0 Å². The molecule has 2 N–H and O–H groups in total. The lowest BCUT2D eigenvalue weighted by molar-refractivity contribution is -0.606. The van der Waals surface area contributed by atoms with E-state index in [9.17, 15) is 28.8 Å². The molecule has 4 aromatic rings. The summed E-state index contributed by atoms with van der Waals surface area (Å²) >= 11 is 0. The summed E-state index contributed by atoms with van der Waals surface area (Å²) in [5.74, 6) is -2.91. The quantitative estimate of drug-likeness (QED) is 0.248. The van der Waals surface area contributed by atoms with Gasteiger partial charge in [-0.05, 0) is 54.8 Å². The maximum absolute atomic E-state index is 13.7. The Kier molecular flexibility index (Phi) is 7.22. The molecule has 2 amide bonds. The number of carbonyl (C=O) groups is 2. The molecule has 12 nitrogen and oxygen atoms in total. The average Bonchev–Trinajstić information content (AvgIpc) is 3.63. The van der Waals surface area contributed by atoms with Gasteiger partial charge in [0.1, 0.15) is 22.9 Å². The zero-order chi connectivity index (χ0) is 30.5. The van der Waals surface area contributed by atoms with Gasteiger partial charge in [-0.25, -0.2) is 13.5 Å². The van der Waals surface area contributed by atoms with Crippen molar-refractivity contribution in [3.05, 3.63) is 70.4 Å². The lowest BCUT2D eigenvalue weighted by atomic mass is 9.79. The van der Waals surface area contributed by atoms with Crippen molar-refractivity contribution < 1.29 is 27.8 Å². The minimum Gasteiger partial charge on any atom is -0.710 e. The van der Waals surface area contributed by atoms with Crippen molar-refractivity contribution in [1.29, 1.82) is 0 Å². The fourth-order valence-electron chi connectivity index (χ4n) is 6.07. The first-order valence-electron chi connectivity index (χ1n) is 14.4. The highest BCUT2D eigenvalue weighted by atomic mass is 19.3. The molecule has 0 spiro atoms. The molecular formula is C29H32F2N8O4. The molecule has 1 aliphatic heterocycles. The molecule has 4 aromatic heterocycles. The molecule has 0 radical (unpaired) electrons. The number of carbonyl (C=O) groups excluding carboxylic acids is 2. The number of imidazole rings is 1. The number of H-pyrrole nitrogens is 1. The van der Waals surface area contributed by atoms with E-state index >= 15 is 0 Å². The van der Waals surface area contributed by atoms with Gasteiger partial charge in [0.05, 0.1) is 24.2 Å². The van der Waals surface area contributed by atoms with E-state index in [1.54, 1.807) is 23.0 Å². The maximum Gasteiger partial charge on any atom is 0.352 e. The number of hydrogen-bond donors (Lipinski definition) is 2. The van der Waals surface area contributed by atoms with Gasteiger partial charge in [-0.1, -0.05) is 19.8 Å². The van der Waals surface area contributed by atoms with E-state index in [0.717, 1.165) is 43.0 Å². The molecule has 0 aromatic carbocycles. The number of halogens is 2. The van der Waals surface area contributed by atoms with Gasteiger partial charge >= 0.3 is 5.65 Å². The van der Waals surface area contributed by atoms with Crippen molar-refractivity contribution in [3.63, 3.8) is 0 Å². The molecule has 0 bridgehead atoms. The van der Waals surface area contributed by atoms with Crippen molar-refractivity contribution in [2.75, 3.05) is 13.1 Å². The van der Waals surface area contributed by atoms with Crippen molar-refractivity contribution in [1.82, 2.24) is 30.0 Å². The number of pyridine rings is 2. The van der Waals surface area contributed by atoms with Gasteiger partial charge < -0.3 is 25.6 Å². The summed E-state index contributed by atoms with van der Waals surface area (Å²) in [6.45, 7) is 3.16. The first kappa shape index (κ1) is 28.5. The van der Waals surface area contributed by atoms with E-state index in [4.69, 9.17) is 0 Å². The molecule has 1 saturated carbocycles. The number of nitrogens with zero attached hydrogens (tertiary/aromatic N) is 6. The standard InChI is InChI=1S/C29H32F2N8O4/c1-3-38-23(10-12-32-38)27(40)34-24(18-6-4-17(2)5-7-18)25-33-21-8-9-22(39(43)26(21)35-25)20-14-37(42)13-11-19(20)28(41)36-15-29(30,31)16-36/h8-14,17-18,24H,3-7,15-16H2,1-2H3,(H,33,35)(H,34,40)/t17?,18?,24-/m0/s1. The van der Waals surface area contributed by atoms with E-state index in [-0.39, 0.29) is 34.3 Å². The zero-order valence-corrected chi connectivity index (χ0v) is 23.8. The van der Waals surface area contributed by atoms with Crippen LogP contribution in [-0.2, 0) is 6.54 Å². The van der Waals surface area contributed by atoms with Crippen LogP contribution in [-0.4, -0.2) is 55.5 Å². The van der Waals surface area contributed by atoms with E-state index in [0.29, 0.717) is 39.0 Å². The first-order valence-corrected chi connectivity index (χ1v) is 14.4. The third-order valence-corrected chi connectivity index (χ3v) is 8.48. The topological polar surface area (TPSA) is 150 Å². The van der Waals surface area contributed by atoms with Crippen LogP contribution in [0.25, 0.3) is 22.4 Å². The molecule has 226 valence electrons. The summed E-state index contributed by atoms with van der Waals surface area (Å²) < 4.78 is 29.5. The van der Waals surface area contributed by atoms with Crippen LogP contribution in [0.15, 0.2) is 42.9 Å². The van der Waals surface area contributed by atoms with Crippen LogP contribution in [0.4, 0.5) is 8.78 Å². The molecular weight excluding hydrogens is 562 g/mol. The van der Waals surface area contributed by atoms with E-state index in [1.807, 2.05) is 6.92 Å². The predicted octanol–water partition coefficient (Wildman–Crippen LogP) is 3.10. The molecule has 2 fully saturated rings. The van der Waals surface area contributed by atoms with Crippen molar-refractivity contribution in [2.45, 2.75) is 58.0 Å². The summed E-state index contributed by atoms with van der Waals surface area (Å²) in [6, 6.07) is 5.42. The molecule has 2 aliphatic rings. The first-order chi connectivity index (χ1) is 20.5. The van der Waals surface area contributed by atoms with E-state index < -0.39 is 31.0 Å². The second-order valence-electron chi connectivity index (χ2n) is 11.5. The van der Waals surface area contributed by atoms with Crippen LogP contribution >= 0.6 is 0 Å². The highest BCUT2D eigenvalue weighted by Crippen LogP contribution is 2.37. The number of aryl methyl sites for hydroxylation is 1. The van der Waals surface area contributed by atoms with Gasteiger partial charge in [0.15, 0.2) is 12.4 Å². The molecule has 1 atom stereocenters. The molecule has 1 saturated heterocycles. The molecule has 6 rings (SSSR count). The lowest BCUT2D eigenvalue weighted by Crippen LogP contribution is -2.58. The smallest absolute Gasteiger partial charge is 0.352 e. The number of alkyl halides is 2. The summed E-state index contributed by atoms with van der Waals surface area (Å²) in [5.41, 5.74) is 0.738. The second kappa shape index (κ2) is 10.9. The number of nitrogens with one attached hydrogen (secondary N) is 2. The fourth-order valence-corrected chi connectivity index (χ4v) is 6.07. The molecule has 5 heterocycles. The monoisotopic (exact) mass is 594 g/mol. The van der Waals surface area contributed by atoms with Crippen molar-refractivity contribution in [2.24, 2.45) is 11.8 Å². The largest absolute Gasteiger partial charge is 0.710 e. The highest BCUT2D eigenvalue weighted by molar-refractivity contribution is 6.00. The Morgan fingerprint density at radius 1 is 1.16 bits per heavy atom. The van der Waals surface area contributed by atoms with Crippen LogP contribution in [0.5, 0.6) is 0 Å². The van der Waals surface area contributed by atoms with Gasteiger partial charge in [-0.3, -0.25) is 14.3 Å². The van der Waals surface area contributed by atoms with Gasteiger partial charge in [0, 0.05) is 18.8 Å². The summed E-state index contributed by atoms with van der Waals surface area (Å²) in [5, 5.41) is 33.2. The van der Waals surface area contributed by atoms with Crippen LogP contribution < -0.4 is 14.8 Å². The van der Waals surface area contributed by atoms with Crippen molar-refractivity contribution >= 4 is 23.0 Å². The third-order valence-electron chi connectivity index (χ3n) is 8.48. The Bertz CT molecular complexity index is 1690. The number of likely N-dealkylation sites (tertiary alicyclic amines) is 1. The Morgan fingerprint density at radius 2 is 1.91 bits per heavy atom. The SMILES string of the molecule is CCn1nccc1C(=O)N[C@H](c1nc2c(ccc(-c3c[n+]([O-])ccc3C(=O)N3CC(F)(F)C3)[n+]2[O-])[nH]1)C1CCC(C)CC1. The van der Waals surface area contributed by atoms with Crippen molar-refractivity contribution in [3.8, 4) is 11.3 Å². The van der Waals surface area contributed by atoms with Gasteiger partial charge in [0.25, 0.3) is 17.7 Å². The van der Waals surface area contributed by atoms with Gasteiger partial charge in [-0.15, -0.1) is 0 Å². The average molecular weight is 595 g/mol. The summed E-state index contributed by atoms with van der Waals surface area (Å²) in [6.07, 6.45) is 7.45. The van der Waals surface area contributed by atoms with E-state index in [2.05, 4.69) is 27.3 Å².